The molecule has 0 spiro atoms. The molecule has 0 radical (unpaired) electrons. The number of carbonyl (C=O) groups is 1. The van der Waals surface area contributed by atoms with Crippen molar-refractivity contribution in [3.05, 3.63) is 45.2 Å². The summed E-state index contributed by atoms with van der Waals surface area (Å²) in [4.78, 5) is 12.1. The van der Waals surface area contributed by atoms with Crippen molar-refractivity contribution in [3.8, 4) is 6.07 Å². The molecule has 1 amide bonds. The molecule has 126 valence electrons. The first-order valence-electron chi connectivity index (χ1n) is 7.57. The van der Waals surface area contributed by atoms with Gasteiger partial charge < -0.3 is 5.32 Å². The Labute approximate surface area is 151 Å². The minimum absolute atomic E-state index is 0.100. The summed E-state index contributed by atoms with van der Waals surface area (Å²) in [5.74, 6) is -0.100. The number of hydrogen-bond acceptors (Lipinski definition) is 3. The number of anilines is 1. The van der Waals surface area contributed by atoms with Crippen molar-refractivity contribution in [1.82, 2.24) is 9.78 Å². The van der Waals surface area contributed by atoms with Gasteiger partial charge in [0.2, 0.25) is 5.91 Å². The lowest BCUT2D eigenvalue weighted by Gasteiger charge is -2.07. The van der Waals surface area contributed by atoms with Gasteiger partial charge >= 0.3 is 0 Å². The molecule has 7 heteroatoms. The first-order valence-corrected chi connectivity index (χ1v) is 8.32. The maximum Gasteiger partial charge on any atom is 0.224 e. The zero-order valence-electron chi connectivity index (χ0n) is 13.6. The van der Waals surface area contributed by atoms with Crippen molar-refractivity contribution in [2.45, 2.75) is 39.7 Å². The van der Waals surface area contributed by atoms with E-state index in [2.05, 4.69) is 16.5 Å². The molecule has 0 unspecified atom stereocenters. The number of nitrogens with one attached hydrogen (secondary N) is 1. The number of nitriles is 1. The van der Waals surface area contributed by atoms with E-state index in [1.165, 1.54) is 0 Å². The lowest BCUT2D eigenvalue weighted by Crippen LogP contribution is -2.12. The maximum absolute atomic E-state index is 12.1. The summed E-state index contributed by atoms with van der Waals surface area (Å²) in [6, 6.07) is 7.09. The number of hydrogen-bond donors (Lipinski definition) is 1. The van der Waals surface area contributed by atoms with Crippen LogP contribution in [0.4, 0.5) is 5.69 Å². The first kappa shape index (κ1) is 18.3. The molecule has 2 rings (SSSR count). The highest BCUT2D eigenvalue weighted by molar-refractivity contribution is 6.42. The molecule has 0 aliphatic rings. The second-order valence-electron chi connectivity index (χ2n) is 5.46. The van der Waals surface area contributed by atoms with Crippen LogP contribution in [0.5, 0.6) is 0 Å². The lowest BCUT2D eigenvalue weighted by atomic mass is 10.1. The van der Waals surface area contributed by atoms with Gasteiger partial charge in [-0.3, -0.25) is 9.48 Å². The Bertz CT molecular complexity index is 793. The number of benzene rings is 1. The van der Waals surface area contributed by atoms with E-state index in [-0.39, 0.29) is 5.91 Å². The Hall–Kier alpha value is -2.03. The molecule has 1 heterocycles. The average molecular weight is 365 g/mol. The summed E-state index contributed by atoms with van der Waals surface area (Å²) in [5, 5.41) is 16.8. The van der Waals surface area contributed by atoms with Gasteiger partial charge in [0.25, 0.3) is 0 Å². The molecule has 0 bridgehead atoms. The lowest BCUT2D eigenvalue weighted by molar-refractivity contribution is -0.116. The molecular weight excluding hydrogens is 347 g/mol. The third-order valence-electron chi connectivity index (χ3n) is 3.77. The molecule has 0 fully saturated rings. The minimum Gasteiger partial charge on any atom is -0.326 e. The SMILES string of the molecule is Cc1nn(CCC#N)c(C)c1CCC(=O)Nc1ccc(Cl)c(Cl)c1. The molecule has 5 nitrogen and oxygen atoms in total. The van der Waals surface area contributed by atoms with Crippen LogP contribution in [0.25, 0.3) is 0 Å². The van der Waals surface area contributed by atoms with E-state index in [0.717, 1.165) is 17.0 Å². The number of aryl methyl sites for hydroxylation is 2. The second-order valence-corrected chi connectivity index (χ2v) is 6.27. The molecule has 24 heavy (non-hydrogen) atoms. The molecule has 0 saturated heterocycles. The van der Waals surface area contributed by atoms with Crippen LogP contribution in [0.2, 0.25) is 10.0 Å². The highest BCUT2D eigenvalue weighted by Crippen LogP contribution is 2.25. The Kier molecular flexibility index (Phi) is 6.24. The van der Waals surface area contributed by atoms with Gasteiger partial charge in [-0.05, 0) is 44.0 Å². The van der Waals surface area contributed by atoms with Crippen molar-refractivity contribution < 1.29 is 4.79 Å². The number of rotatable bonds is 6. The standard InChI is InChI=1S/C17H18Cl2N4O/c1-11-14(12(2)23(22-11)9-3-8-20)5-7-17(24)21-13-4-6-15(18)16(19)10-13/h4,6,10H,3,5,7,9H2,1-2H3,(H,21,24). The molecule has 0 aliphatic carbocycles. The quantitative estimate of drug-likeness (QED) is 0.830. The summed E-state index contributed by atoms with van der Waals surface area (Å²) in [5.41, 5.74) is 3.57. The Morgan fingerprint density at radius 2 is 2.08 bits per heavy atom. The van der Waals surface area contributed by atoms with Gasteiger partial charge in [0, 0.05) is 17.8 Å². The summed E-state index contributed by atoms with van der Waals surface area (Å²) < 4.78 is 1.82. The fourth-order valence-electron chi connectivity index (χ4n) is 2.51. The fourth-order valence-corrected chi connectivity index (χ4v) is 2.80. The molecule has 2 aromatic rings. The Balaban J connectivity index is 1.97. The number of aromatic nitrogens is 2. The van der Waals surface area contributed by atoms with Crippen molar-refractivity contribution in [2.24, 2.45) is 0 Å². The van der Waals surface area contributed by atoms with Gasteiger partial charge in [0.15, 0.2) is 0 Å². The topological polar surface area (TPSA) is 70.7 Å². The summed E-state index contributed by atoms with van der Waals surface area (Å²) >= 11 is 11.8. The summed E-state index contributed by atoms with van der Waals surface area (Å²) in [7, 11) is 0. The normalized spacial score (nSPS) is 10.5. The van der Waals surface area contributed by atoms with Crippen LogP contribution in [-0.2, 0) is 17.8 Å². The molecule has 0 aliphatic heterocycles. The van der Waals surface area contributed by atoms with Crippen LogP contribution in [-0.4, -0.2) is 15.7 Å². The number of carbonyl (C=O) groups excluding carboxylic acids is 1. The average Bonchev–Trinajstić information content (AvgIpc) is 2.81. The van der Waals surface area contributed by atoms with Gasteiger partial charge in [-0.2, -0.15) is 10.4 Å². The number of halogens is 2. The van der Waals surface area contributed by atoms with Crippen LogP contribution in [0.15, 0.2) is 18.2 Å². The van der Waals surface area contributed by atoms with Gasteiger partial charge in [0.05, 0.1) is 34.8 Å². The maximum atomic E-state index is 12.1. The minimum atomic E-state index is -0.100. The largest absolute Gasteiger partial charge is 0.326 e. The molecule has 0 saturated carbocycles. The zero-order chi connectivity index (χ0) is 17.7. The van der Waals surface area contributed by atoms with Crippen LogP contribution < -0.4 is 5.32 Å². The van der Waals surface area contributed by atoms with E-state index in [0.29, 0.717) is 41.5 Å². The van der Waals surface area contributed by atoms with Gasteiger partial charge in [-0.25, -0.2) is 0 Å². The fraction of sp³-hybridized carbons (Fsp3) is 0.353. The monoisotopic (exact) mass is 364 g/mol. The van der Waals surface area contributed by atoms with E-state index >= 15 is 0 Å². The van der Waals surface area contributed by atoms with E-state index < -0.39 is 0 Å². The molecule has 1 aromatic carbocycles. The van der Waals surface area contributed by atoms with Crippen molar-refractivity contribution >= 4 is 34.8 Å². The van der Waals surface area contributed by atoms with E-state index in [4.69, 9.17) is 28.5 Å². The summed E-state index contributed by atoms with van der Waals surface area (Å²) in [6.45, 7) is 4.45. The third kappa shape index (κ3) is 4.50. The smallest absolute Gasteiger partial charge is 0.224 e. The third-order valence-corrected chi connectivity index (χ3v) is 4.51. The van der Waals surface area contributed by atoms with E-state index in [1.807, 2.05) is 18.5 Å². The zero-order valence-corrected chi connectivity index (χ0v) is 15.1. The van der Waals surface area contributed by atoms with Crippen molar-refractivity contribution in [1.29, 1.82) is 5.26 Å². The van der Waals surface area contributed by atoms with E-state index in [1.54, 1.807) is 18.2 Å². The number of amides is 1. The highest BCUT2D eigenvalue weighted by atomic mass is 35.5. The molecule has 1 aromatic heterocycles. The summed E-state index contributed by atoms with van der Waals surface area (Å²) in [6.07, 6.45) is 1.35. The Morgan fingerprint density at radius 3 is 2.75 bits per heavy atom. The molecule has 1 N–H and O–H groups in total. The van der Waals surface area contributed by atoms with Gasteiger partial charge in [-0.1, -0.05) is 23.2 Å². The van der Waals surface area contributed by atoms with Gasteiger partial charge in [0.1, 0.15) is 0 Å². The number of nitrogens with zero attached hydrogens (tertiary/aromatic N) is 3. The van der Waals surface area contributed by atoms with Crippen LogP contribution in [0, 0.1) is 25.2 Å². The Morgan fingerprint density at radius 1 is 1.33 bits per heavy atom. The predicted molar refractivity (Wildman–Crippen MR) is 95.3 cm³/mol. The van der Waals surface area contributed by atoms with Crippen LogP contribution in [0.1, 0.15) is 29.8 Å². The van der Waals surface area contributed by atoms with E-state index in [9.17, 15) is 4.79 Å². The van der Waals surface area contributed by atoms with Crippen LogP contribution >= 0.6 is 23.2 Å². The highest BCUT2D eigenvalue weighted by Gasteiger charge is 2.13. The first-order chi connectivity index (χ1) is 11.4. The van der Waals surface area contributed by atoms with Crippen molar-refractivity contribution in [2.75, 3.05) is 5.32 Å². The van der Waals surface area contributed by atoms with Crippen LogP contribution in [0.3, 0.4) is 0 Å². The van der Waals surface area contributed by atoms with Crippen molar-refractivity contribution in [3.63, 3.8) is 0 Å². The van der Waals surface area contributed by atoms with Gasteiger partial charge in [-0.15, -0.1) is 0 Å². The second kappa shape index (κ2) is 8.18. The predicted octanol–water partition coefficient (Wildman–Crippen LogP) is 4.29. The molecule has 0 atom stereocenters. The molecular formula is C17H18Cl2N4O.